The second-order valence-corrected chi connectivity index (χ2v) is 5.42. The van der Waals surface area contributed by atoms with Gasteiger partial charge >= 0.3 is 5.97 Å². The molecule has 0 heterocycles. The van der Waals surface area contributed by atoms with Crippen LogP contribution in [0.15, 0.2) is 47.6 Å². The summed E-state index contributed by atoms with van der Waals surface area (Å²) in [6.45, 7) is 3.74. The number of carbonyl (C=O) groups excluding carboxylic acids is 2. The van der Waals surface area contributed by atoms with E-state index in [0.29, 0.717) is 5.56 Å². The molecule has 6 heteroatoms. The molecule has 2 aromatic carbocycles. The van der Waals surface area contributed by atoms with E-state index in [9.17, 15) is 9.59 Å². The Balaban J connectivity index is 1.83. The molecule has 6 nitrogen and oxygen atoms in total. The standard InChI is InChI=1S/C19H20N2O4/c1-13-5-4-6-17(14(13)2)21-18(22)12-25-20-11-15-7-9-16(10-8-15)19(23)24-3/h4-11H,12H2,1-3H3,(H,21,22)/b20-11+. The first kappa shape index (κ1) is 18.2. The molecule has 0 aliphatic carbocycles. The minimum atomic E-state index is -0.400. The minimum Gasteiger partial charge on any atom is -0.465 e. The van der Waals surface area contributed by atoms with Crippen LogP contribution in [0.5, 0.6) is 0 Å². The van der Waals surface area contributed by atoms with Crippen molar-refractivity contribution in [1.29, 1.82) is 0 Å². The maximum absolute atomic E-state index is 11.9. The highest BCUT2D eigenvalue weighted by atomic mass is 16.6. The van der Waals surface area contributed by atoms with E-state index in [1.165, 1.54) is 13.3 Å². The third-order valence-corrected chi connectivity index (χ3v) is 3.68. The van der Waals surface area contributed by atoms with Gasteiger partial charge < -0.3 is 14.9 Å². The molecule has 0 radical (unpaired) electrons. The third kappa shape index (κ3) is 5.17. The summed E-state index contributed by atoms with van der Waals surface area (Å²) in [5.74, 6) is -0.685. The van der Waals surface area contributed by atoms with Gasteiger partial charge in [0.2, 0.25) is 0 Å². The number of aryl methyl sites for hydroxylation is 1. The van der Waals surface area contributed by atoms with Crippen molar-refractivity contribution < 1.29 is 19.2 Å². The number of benzene rings is 2. The predicted octanol–water partition coefficient (Wildman–Crippen LogP) is 3.08. The van der Waals surface area contributed by atoms with Gasteiger partial charge in [0, 0.05) is 5.69 Å². The van der Waals surface area contributed by atoms with Crippen molar-refractivity contribution in [2.45, 2.75) is 13.8 Å². The summed E-state index contributed by atoms with van der Waals surface area (Å²) in [5, 5.41) is 6.54. The molecule has 130 valence electrons. The van der Waals surface area contributed by atoms with E-state index in [4.69, 9.17) is 4.84 Å². The molecule has 0 bridgehead atoms. The summed E-state index contributed by atoms with van der Waals surface area (Å²) >= 11 is 0. The average molecular weight is 340 g/mol. The molecule has 2 aromatic rings. The molecule has 0 atom stereocenters. The number of nitrogens with one attached hydrogen (secondary N) is 1. The Hall–Kier alpha value is -3.15. The van der Waals surface area contributed by atoms with Gasteiger partial charge in [-0.15, -0.1) is 0 Å². The number of esters is 1. The van der Waals surface area contributed by atoms with Gasteiger partial charge in [0.05, 0.1) is 18.9 Å². The highest BCUT2D eigenvalue weighted by molar-refractivity contribution is 5.93. The summed E-state index contributed by atoms with van der Waals surface area (Å²) in [6.07, 6.45) is 1.46. The smallest absolute Gasteiger partial charge is 0.337 e. The maximum atomic E-state index is 11.9. The fraction of sp³-hybridized carbons (Fsp3) is 0.211. The van der Waals surface area contributed by atoms with Crippen LogP contribution in [0.1, 0.15) is 27.0 Å². The molecule has 0 spiro atoms. The van der Waals surface area contributed by atoms with Gasteiger partial charge in [0.1, 0.15) is 0 Å². The number of amides is 1. The zero-order valence-corrected chi connectivity index (χ0v) is 14.4. The number of carbonyl (C=O) groups is 2. The number of anilines is 1. The van der Waals surface area contributed by atoms with Crippen LogP contribution >= 0.6 is 0 Å². The fourth-order valence-corrected chi connectivity index (χ4v) is 2.09. The van der Waals surface area contributed by atoms with Gasteiger partial charge in [-0.25, -0.2) is 4.79 Å². The largest absolute Gasteiger partial charge is 0.465 e. The first-order valence-corrected chi connectivity index (χ1v) is 7.71. The number of ether oxygens (including phenoxy) is 1. The summed E-state index contributed by atoms with van der Waals surface area (Å²) in [5.41, 5.74) is 4.07. The summed E-state index contributed by atoms with van der Waals surface area (Å²) < 4.78 is 4.62. The lowest BCUT2D eigenvalue weighted by atomic mass is 10.1. The Bertz CT molecular complexity index is 783. The Kier molecular flexibility index (Phi) is 6.28. The molecule has 0 saturated heterocycles. The van der Waals surface area contributed by atoms with Crippen molar-refractivity contribution in [2.24, 2.45) is 5.16 Å². The van der Waals surface area contributed by atoms with Crippen LogP contribution in [0.25, 0.3) is 0 Å². The summed E-state index contributed by atoms with van der Waals surface area (Å²) in [7, 11) is 1.33. The molecular formula is C19H20N2O4. The van der Waals surface area contributed by atoms with Gasteiger partial charge in [-0.2, -0.15) is 0 Å². The molecule has 0 fully saturated rings. The van der Waals surface area contributed by atoms with Gasteiger partial charge in [-0.3, -0.25) is 4.79 Å². The van der Waals surface area contributed by atoms with Crippen molar-refractivity contribution in [3.8, 4) is 0 Å². The van der Waals surface area contributed by atoms with E-state index >= 15 is 0 Å². The monoisotopic (exact) mass is 340 g/mol. The topological polar surface area (TPSA) is 77.0 Å². The van der Waals surface area contributed by atoms with E-state index in [0.717, 1.165) is 22.4 Å². The van der Waals surface area contributed by atoms with Crippen LogP contribution in [-0.2, 0) is 14.4 Å². The maximum Gasteiger partial charge on any atom is 0.337 e. The van der Waals surface area contributed by atoms with Crippen molar-refractivity contribution in [3.63, 3.8) is 0 Å². The number of hydrogen-bond donors (Lipinski definition) is 1. The Morgan fingerprint density at radius 1 is 1.12 bits per heavy atom. The molecule has 0 aliphatic rings. The lowest BCUT2D eigenvalue weighted by Crippen LogP contribution is -2.17. The number of oxime groups is 1. The molecule has 0 saturated carbocycles. The quantitative estimate of drug-likeness (QED) is 0.498. The van der Waals surface area contributed by atoms with Gasteiger partial charge in [-0.1, -0.05) is 29.4 Å². The highest BCUT2D eigenvalue weighted by Gasteiger charge is 2.06. The van der Waals surface area contributed by atoms with E-state index in [1.54, 1.807) is 24.3 Å². The number of hydrogen-bond acceptors (Lipinski definition) is 5. The normalized spacial score (nSPS) is 10.5. The first-order valence-electron chi connectivity index (χ1n) is 7.71. The van der Waals surface area contributed by atoms with Crippen LogP contribution in [0.2, 0.25) is 0 Å². The first-order chi connectivity index (χ1) is 12.0. The van der Waals surface area contributed by atoms with Crippen LogP contribution in [0.4, 0.5) is 5.69 Å². The van der Waals surface area contributed by atoms with Crippen LogP contribution in [0.3, 0.4) is 0 Å². The summed E-state index contributed by atoms with van der Waals surface area (Å²) in [4.78, 5) is 28.2. The van der Waals surface area contributed by atoms with E-state index < -0.39 is 5.97 Å². The molecule has 1 N–H and O–H groups in total. The summed E-state index contributed by atoms with van der Waals surface area (Å²) in [6, 6.07) is 12.4. The van der Waals surface area contributed by atoms with Crippen LogP contribution in [0, 0.1) is 13.8 Å². The van der Waals surface area contributed by atoms with E-state index in [2.05, 4.69) is 15.2 Å². The Labute approximate surface area is 146 Å². The highest BCUT2D eigenvalue weighted by Crippen LogP contribution is 2.17. The SMILES string of the molecule is COC(=O)c1ccc(/C=N/OCC(=O)Nc2cccc(C)c2C)cc1. The number of rotatable bonds is 6. The zero-order chi connectivity index (χ0) is 18.2. The van der Waals surface area contributed by atoms with Gasteiger partial charge in [0.25, 0.3) is 5.91 Å². The Morgan fingerprint density at radius 2 is 1.84 bits per heavy atom. The van der Waals surface area contributed by atoms with Crippen LogP contribution < -0.4 is 5.32 Å². The van der Waals surface area contributed by atoms with Crippen molar-refractivity contribution in [2.75, 3.05) is 19.0 Å². The second-order valence-electron chi connectivity index (χ2n) is 5.42. The number of nitrogens with zero attached hydrogens (tertiary/aromatic N) is 1. The van der Waals surface area contributed by atoms with Crippen molar-refractivity contribution >= 4 is 23.8 Å². The van der Waals surface area contributed by atoms with Crippen LogP contribution in [-0.4, -0.2) is 31.8 Å². The minimum absolute atomic E-state index is 0.190. The molecule has 0 aromatic heterocycles. The second kappa shape index (κ2) is 8.63. The van der Waals surface area contributed by atoms with E-state index in [-0.39, 0.29) is 12.5 Å². The van der Waals surface area contributed by atoms with Gasteiger partial charge in [-0.05, 0) is 48.7 Å². The average Bonchev–Trinajstić information content (AvgIpc) is 2.62. The lowest BCUT2D eigenvalue weighted by molar-refractivity contribution is -0.120. The predicted molar refractivity (Wildman–Crippen MR) is 95.9 cm³/mol. The molecule has 0 aliphatic heterocycles. The molecule has 2 rings (SSSR count). The Morgan fingerprint density at radius 3 is 2.52 bits per heavy atom. The molecule has 25 heavy (non-hydrogen) atoms. The lowest BCUT2D eigenvalue weighted by Gasteiger charge is -2.09. The fourth-order valence-electron chi connectivity index (χ4n) is 2.09. The molecule has 1 amide bonds. The molecule has 0 unspecified atom stereocenters. The zero-order valence-electron chi connectivity index (χ0n) is 14.4. The van der Waals surface area contributed by atoms with Crippen molar-refractivity contribution in [3.05, 3.63) is 64.7 Å². The third-order valence-electron chi connectivity index (χ3n) is 3.68. The van der Waals surface area contributed by atoms with Crippen molar-refractivity contribution in [1.82, 2.24) is 0 Å². The molecular weight excluding hydrogens is 320 g/mol. The van der Waals surface area contributed by atoms with E-state index in [1.807, 2.05) is 32.0 Å². The van der Waals surface area contributed by atoms with Gasteiger partial charge in [0.15, 0.2) is 6.61 Å². The number of methoxy groups -OCH3 is 1.